The van der Waals surface area contributed by atoms with E-state index in [2.05, 4.69) is 37.2 Å². The molecule has 2 rings (SSSR count). The van der Waals surface area contributed by atoms with Gasteiger partial charge in [-0.25, -0.2) is 4.39 Å². The highest BCUT2D eigenvalue weighted by Crippen LogP contribution is 2.33. The van der Waals surface area contributed by atoms with Gasteiger partial charge in [-0.05, 0) is 52.8 Å². The second-order valence-corrected chi connectivity index (χ2v) is 7.21. The molecule has 1 unspecified atom stereocenters. The minimum atomic E-state index is -0.186. The van der Waals surface area contributed by atoms with E-state index in [4.69, 9.17) is 0 Å². The third kappa shape index (κ3) is 3.20. The first-order chi connectivity index (χ1) is 8.61. The van der Waals surface area contributed by atoms with Crippen LogP contribution in [0.5, 0.6) is 0 Å². The Bertz CT molecular complexity index is 542. The number of hydrogen-bond donors (Lipinski definition) is 1. The van der Waals surface area contributed by atoms with Crippen LogP contribution in [0.25, 0.3) is 0 Å². The van der Waals surface area contributed by atoms with Crippen molar-refractivity contribution in [1.82, 2.24) is 5.32 Å². The number of benzene rings is 1. The molecular formula is C13H12Br2FNS. The summed E-state index contributed by atoms with van der Waals surface area (Å²) in [5.74, 6) is -0.186. The average molecular weight is 393 g/mol. The lowest BCUT2D eigenvalue weighted by atomic mass is 10.0. The molecule has 1 N–H and O–H groups in total. The van der Waals surface area contributed by atoms with E-state index < -0.39 is 0 Å². The standard InChI is InChI=1S/C13H12Br2FNS/c1-2-17-13(11-5-6-12(15)18-11)9-7-8(14)3-4-10(9)16/h3-7,13,17H,2H2,1H3. The molecule has 1 atom stereocenters. The van der Waals surface area contributed by atoms with Crippen LogP contribution in [-0.4, -0.2) is 6.54 Å². The Hall–Kier alpha value is -0.230. The molecule has 2 aromatic rings. The molecule has 1 aromatic heterocycles. The second-order valence-electron chi connectivity index (χ2n) is 3.80. The summed E-state index contributed by atoms with van der Waals surface area (Å²) >= 11 is 8.46. The summed E-state index contributed by atoms with van der Waals surface area (Å²) in [5, 5.41) is 3.33. The first kappa shape index (κ1) is 14.2. The highest BCUT2D eigenvalue weighted by Gasteiger charge is 2.18. The van der Waals surface area contributed by atoms with Gasteiger partial charge in [0.1, 0.15) is 5.82 Å². The molecule has 0 bridgehead atoms. The Kier molecular flexibility index (Phi) is 4.95. The average Bonchev–Trinajstić information content (AvgIpc) is 2.76. The monoisotopic (exact) mass is 391 g/mol. The van der Waals surface area contributed by atoms with Gasteiger partial charge in [0.05, 0.1) is 9.83 Å². The van der Waals surface area contributed by atoms with Gasteiger partial charge in [0.25, 0.3) is 0 Å². The minimum Gasteiger partial charge on any atom is -0.306 e. The van der Waals surface area contributed by atoms with Crippen molar-refractivity contribution in [2.24, 2.45) is 0 Å². The van der Waals surface area contributed by atoms with Gasteiger partial charge in [-0.2, -0.15) is 0 Å². The van der Waals surface area contributed by atoms with Crippen LogP contribution in [0.15, 0.2) is 38.6 Å². The predicted octanol–water partition coefficient (Wildman–Crippen LogP) is 5.11. The molecule has 1 nitrogen and oxygen atoms in total. The first-order valence-corrected chi connectivity index (χ1v) is 7.95. The molecule has 18 heavy (non-hydrogen) atoms. The van der Waals surface area contributed by atoms with Gasteiger partial charge in [0.2, 0.25) is 0 Å². The zero-order chi connectivity index (χ0) is 13.1. The lowest BCUT2D eigenvalue weighted by molar-refractivity contribution is 0.562. The van der Waals surface area contributed by atoms with Crippen LogP contribution in [0.4, 0.5) is 4.39 Å². The van der Waals surface area contributed by atoms with Crippen LogP contribution in [0, 0.1) is 5.82 Å². The molecule has 1 heterocycles. The van der Waals surface area contributed by atoms with Crippen molar-refractivity contribution >= 4 is 43.2 Å². The molecule has 0 aliphatic heterocycles. The Morgan fingerprint density at radius 1 is 1.28 bits per heavy atom. The number of nitrogens with one attached hydrogen (secondary N) is 1. The van der Waals surface area contributed by atoms with Crippen LogP contribution < -0.4 is 5.32 Å². The van der Waals surface area contributed by atoms with Crippen molar-refractivity contribution in [1.29, 1.82) is 0 Å². The topological polar surface area (TPSA) is 12.0 Å². The van der Waals surface area contributed by atoms with Crippen LogP contribution in [0.1, 0.15) is 23.4 Å². The van der Waals surface area contributed by atoms with E-state index in [1.165, 1.54) is 6.07 Å². The highest BCUT2D eigenvalue weighted by molar-refractivity contribution is 9.11. The Labute approximate surface area is 127 Å². The van der Waals surface area contributed by atoms with Gasteiger partial charge in [0.15, 0.2) is 0 Å². The number of rotatable bonds is 4. The summed E-state index contributed by atoms with van der Waals surface area (Å²) in [6, 6.07) is 8.93. The van der Waals surface area contributed by atoms with Crippen molar-refractivity contribution in [2.75, 3.05) is 6.54 Å². The normalized spacial score (nSPS) is 12.7. The molecule has 0 saturated heterocycles. The summed E-state index contributed by atoms with van der Waals surface area (Å²) < 4.78 is 15.9. The van der Waals surface area contributed by atoms with Gasteiger partial charge >= 0.3 is 0 Å². The van der Waals surface area contributed by atoms with Crippen LogP contribution >= 0.6 is 43.2 Å². The first-order valence-electron chi connectivity index (χ1n) is 5.55. The number of thiophene rings is 1. The molecule has 1 aromatic carbocycles. The predicted molar refractivity (Wildman–Crippen MR) is 81.6 cm³/mol. The molecule has 0 amide bonds. The fraction of sp³-hybridized carbons (Fsp3) is 0.231. The molecule has 0 aliphatic rings. The van der Waals surface area contributed by atoms with Gasteiger partial charge in [-0.15, -0.1) is 11.3 Å². The van der Waals surface area contributed by atoms with E-state index >= 15 is 0 Å². The molecule has 96 valence electrons. The van der Waals surface area contributed by atoms with Crippen molar-refractivity contribution in [3.05, 3.63) is 54.8 Å². The highest BCUT2D eigenvalue weighted by atomic mass is 79.9. The maximum Gasteiger partial charge on any atom is 0.128 e. The van der Waals surface area contributed by atoms with Gasteiger partial charge in [-0.3, -0.25) is 0 Å². The Morgan fingerprint density at radius 3 is 2.67 bits per heavy atom. The van der Waals surface area contributed by atoms with Crippen LogP contribution in [-0.2, 0) is 0 Å². The molecule has 0 aliphatic carbocycles. The fourth-order valence-corrected chi connectivity index (χ4v) is 3.68. The van der Waals surface area contributed by atoms with E-state index in [-0.39, 0.29) is 11.9 Å². The Morgan fingerprint density at radius 2 is 2.06 bits per heavy atom. The summed E-state index contributed by atoms with van der Waals surface area (Å²) in [6.45, 7) is 2.80. The molecule has 0 saturated carbocycles. The third-order valence-electron chi connectivity index (χ3n) is 2.56. The van der Waals surface area contributed by atoms with Crippen LogP contribution in [0.3, 0.4) is 0 Å². The van der Waals surface area contributed by atoms with E-state index in [1.54, 1.807) is 17.4 Å². The number of hydrogen-bond acceptors (Lipinski definition) is 2. The molecule has 0 spiro atoms. The van der Waals surface area contributed by atoms with Crippen molar-refractivity contribution in [3.8, 4) is 0 Å². The van der Waals surface area contributed by atoms with E-state index in [0.717, 1.165) is 19.7 Å². The van der Waals surface area contributed by atoms with Crippen molar-refractivity contribution in [2.45, 2.75) is 13.0 Å². The smallest absolute Gasteiger partial charge is 0.128 e. The molecule has 5 heteroatoms. The van der Waals surface area contributed by atoms with E-state index in [0.29, 0.717) is 5.56 Å². The largest absolute Gasteiger partial charge is 0.306 e. The molecular weight excluding hydrogens is 381 g/mol. The van der Waals surface area contributed by atoms with Gasteiger partial charge < -0.3 is 5.32 Å². The SMILES string of the molecule is CCNC(c1ccc(Br)s1)c1cc(Br)ccc1F. The zero-order valence-corrected chi connectivity index (χ0v) is 13.7. The maximum absolute atomic E-state index is 14.0. The van der Waals surface area contributed by atoms with Gasteiger partial charge in [0, 0.05) is 14.9 Å². The minimum absolute atomic E-state index is 0.108. The summed E-state index contributed by atoms with van der Waals surface area (Å²) in [6.07, 6.45) is 0. The summed E-state index contributed by atoms with van der Waals surface area (Å²) in [4.78, 5) is 1.10. The van der Waals surface area contributed by atoms with Crippen molar-refractivity contribution < 1.29 is 4.39 Å². The number of halogens is 3. The summed E-state index contributed by atoms with van der Waals surface area (Å²) in [5.41, 5.74) is 0.667. The summed E-state index contributed by atoms with van der Waals surface area (Å²) in [7, 11) is 0. The molecule has 0 radical (unpaired) electrons. The maximum atomic E-state index is 14.0. The van der Waals surface area contributed by atoms with Crippen LogP contribution in [0.2, 0.25) is 0 Å². The quantitative estimate of drug-likeness (QED) is 0.762. The second kappa shape index (κ2) is 6.28. The lowest BCUT2D eigenvalue weighted by Gasteiger charge is -2.18. The lowest BCUT2D eigenvalue weighted by Crippen LogP contribution is -2.22. The molecule has 0 fully saturated rings. The zero-order valence-electron chi connectivity index (χ0n) is 9.71. The van der Waals surface area contributed by atoms with E-state index in [1.807, 2.05) is 25.1 Å². The fourth-order valence-electron chi connectivity index (χ4n) is 1.79. The Balaban J connectivity index is 2.44. The van der Waals surface area contributed by atoms with Crippen molar-refractivity contribution in [3.63, 3.8) is 0 Å². The van der Waals surface area contributed by atoms with Gasteiger partial charge in [-0.1, -0.05) is 22.9 Å². The third-order valence-corrected chi connectivity index (χ3v) is 4.74. The van der Waals surface area contributed by atoms with E-state index in [9.17, 15) is 4.39 Å².